The average Bonchev–Trinajstić information content (AvgIpc) is 2.67. The molecular weight excluding hydrogens is 208 g/mol. The third kappa shape index (κ3) is 4.88. The van der Waals surface area contributed by atoms with E-state index in [0.717, 1.165) is 13.0 Å². The lowest BCUT2D eigenvalue weighted by atomic mass is 10.3. The second-order valence-corrected chi connectivity index (χ2v) is 3.49. The minimum atomic E-state index is 0.0658. The van der Waals surface area contributed by atoms with Crippen LogP contribution in [0.15, 0.2) is 4.42 Å². The molecule has 1 rings (SSSR count). The lowest BCUT2D eigenvalue weighted by Crippen LogP contribution is -2.28. The van der Waals surface area contributed by atoms with E-state index in [9.17, 15) is 4.79 Å². The SMILES string of the molecule is CCCNC(=O)CCNCc1nnc(C)o1. The minimum Gasteiger partial charge on any atom is -0.424 e. The van der Waals surface area contributed by atoms with Crippen molar-refractivity contribution < 1.29 is 9.21 Å². The maximum absolute atomic E-state index is 11.2. The van der Waals surface area contributed by atoms with Crippen LogP contribution in [-0.4, -0.2) is 29.2 Å². The van der Waals surface area contributed by atoms with Gasteiger partial charge in [-0.3, -0.25) is 4.79 Å². The Bertz CT molecular complexity index is 324. The zero-order valence-electron chi connectivity index (χ0n) is 9.75. The number of nitrogens with one attached hydrogen (secondary N) is 2. The molecule has 0 saturated heterocycles. The Morgan fingerprint density at radius 1 is 1.38 bits per heavy atom. The van der Waals surface area contributed by atoms with E-state index < -0.39 is 0 Å². The molecule has 0 aliphatic rings. The van der Waals surface area contributed by atoms with E-state index in [2.05, 4.69) is 20.8 Å². The van der Waals surface area contributed by atoms with Crippen molar-refractivity contribution in [3.63, 3.8) is 0 Å². The number of carbonyl (C=O) groups is 1. The van der Waals surface area contributed by atoms with Gasteiger partial charge >= 0.3 is 0 Å². The maximum Gasteiger partial charge on any atom is 0.230 e. The summed E-state index contributed by atoms with van der Waals surface area (Å²) in [5, 5.41) is 13.4. The number of amides is 1. The Morgan fingerprint density at radius 3 is 2.81 bits per heavy atom. The van der Waals surface area contributed by atoms with E-state index in [4.69, 9.17) is 4.42 Å². The van der Waals surface area contributed by atoms with Crippen LogP contribution >= 0.6 is 0 Å². The van der Waals surface area contributed by atoms with Gasteiger partial charge in [-0.1, -0.05) is 6.92 Å². The van der Waals surface area contributed by atoms with Crippen molar-refractivity contribution in [1.82, 2.24) is 20.8 Å². The summed E-state index contributed by atoms with van der Waals surface area (Å²) in [5.74, 6) is 1.17. The molecule has 0 atom stereocenters. The molecule has 0 aromatic carbocycles. The molecule has 90 valence electrons. The third-order valence-electron chi connectivity index (χ3n) is 1.95. The zero-order valence-corrected chi connectivity index (χ0v) is 9.75. The van der Waals surface area contributed by atoms with Crippen LogP contribution in [-0.2, 0) is 11.3 Å². The molecule has 1 heterocycles. The molecule has 16 heavy (non-hydrogen) atoms. The average molecular weight is 226 g/mol. The van der Waals surface area contributed by atoms with Crippen molar-refractivity contribution >= 4 is 5.91 Å². The number of hydrogen-bond acceptors (Lipinski definition) is 5. The van der Waals surface area contributed by atoms with Crippen LogP contribution in [0.5, 0.6) is 0 Å². The molecule has 1 aromatic rings. The van der Waals surface area contributed by atoms with Crippen LogP contribution in [0, 0.1) is 6.92 Å². The summed E-state index contributed by atoms with van der Waals surface area (Å²) >= 11 is 0. The lowest BCUT2D eigenvalue weighted by molar-refractivity contribution is -0.121. The Labute approximate surface area is 94.8 Å². The molecule has 0 fully saturated rings. The molecule has 1 aromatic heterocycles. The first-order chi connectivity index (χ1) is 7.72. The summed E-state index contributed by atoms with van der Waals surface area (Å²) in [4.78, 5) is 11.2. The Kier molecular flexibility index (Phi) is 5.49. The number of aromatic nitrogens is 2. The van der Waals surface area contributed by atoms with Crippen LogP contribution < -0.4 is 10.6 Å². The highest BCUT2D eigenvalue weighted by Crippen LogP contribution is 1.96. The molecule has 0 unspecified atom stereocenters. The third-order valence-corrected chi connectivity index (χ3v) is 1.95. The van der Waals surface area contributed by atoms with Crippen LogP contribution in [0.3, 0.4) is 0 Å². The van der Waals surface area contributed by atoms with E-state index in [-0.39, 0.29) is 5.91 Å². The smallest absolute Gasteiger partial charge is 0.230 e. The highest BCUT2D eigenvalue weighted by atomic mass is 16.4. The maximum atomic E-state index is 11.2. The quantitative estimate of drug-likeness (QED) is 0.657. The van der Waals surface area contributed by atoms with Gasteiger partial charge in [-0.15, -0.1) is 10.2 Å². The van der Waals surface area contributed by atoms with Gasteiger partial charge in [0.1, 0.15) is 0 Å². The van der Waals surface area contributed by atoms with Crippen molar-refractivity contribution in [3.8, 4) is 0 Å². The number of rotatable bonds is 7. The molecule has 0 spiro atoms. The van der Waals surface area contributed by atoms with Crippen molar-refractivity contribution in [2.75, 3.05) is 13.1 Å². The largest absolute Gasteiger partial charge is 0.424 e. The van der Waals surface area contributed by atoms with Crippen LogP contribution in [0.25, 0.3) is 0 Å². The van der Waals surface area contributed by atoms with Crippen molar-refractivity contribution in [1.29, 1.82) is 0 Å². The predicted octanol–water partition coefficient (Wildman–Crippen LogP) is 0.384. The van der Waals surface area contributed by atoms with Crippen LogP contribution in [0.1, 0.15) is 31.5 Å². The number of carbonyl (C=O) groups excluding carboxylic acids is 1. The number of nitrogens with zero attached hydrogens (tertiary/aromatic N) is 2. The van der Waals surface area contributed by atoms with Gasteiger partial charge < -0.3 is 15.1 Å². The summed E-state index contributed by atoms with van der Waals surface area (Å²) in [7, 11) is 0. The fourth-order valence-corrected chi connectivity index (χ4v) is 1.16. The molecule has 6 nitrogen and oxygen atoms in total. The summed E-state index contributed by atoms with van der Waals surface area (Å²) in [6, 6.07) is 0. The normalized spacial score (nSPS) is 10.4. The van der Waals surface area contributed by atoms with E-state index in [0.29, 0.717) is 31.3 Å². The monoisotopic (exact) mass is 226 g/mol. The standard InChI is InChI=1S/C10H18N4O2/c1-3-5-12-9(15)4-6-11-7-10-14-13-8(2)16-10/h11H,3-7H2,1-2H3,(H,12,15). The van der Waals surface area contributed by atoms with E-state index in [1.165, 1.54) is 0 Å². The van der Waals surface area contributed by atoms with Crippen molar-refractivity contribution in [3.05, 3.63) is 11.8 Å². The van der Waals surface area contributed by atoms with Gasteiger partial charge in [0.25, 0.3) is 0 Å². The van der Waals surface area contributed by atoms with Gasteiger partial charge in [0.15, 0.2) is 0 Å². The Morgan fingerprint density at radius 2 is 2.19 bits per heavy atom. The summed E-state index contributed by atoms with van der Waals surface area (Å²) in [6.07, 6.45) is 1.42. The molecule has 6 heteroatoms. The molecular formula is C10H18N4O2. The predicted molar refractivity (Wildman–Crippen MR) is 58.7 cm³/mol. The topological polar surface area (TPSA) is 80.0 Å². The second-order valence-electron chi connectivity index (χ2n) is 3.49. The van der Waals surface area contributed by atoms with Crippen LogP contribution in [0.2, 0.25) is 0 Å². The van der Waals surface area contributed by atoms with Gasteiger partial charge in [-0.25, -0.2) is 0 Å². The minimum absolute atomic E-state index is 0.0658. The van der Waals surface area contributed by atoms with Gasteiger partial charge in [-0.2, -0.15) is 0 Å². The first-order valence-corrected chi connectivity index (χ1v) is 5.48. The summed E-state index contributed by atoms with van der Waals surface area (Å²) in [6.45, 7) is 5.62. The van der Waals surface area contributed by atoms with Gasteiger partial charge in [-0.05, 0) is 6.42 Å². The van der Waals surface area contributed by atoms with Gasteiger partial charge in [0.05, 0.1) is 6.54 Å². The molecule has 0 saturated carbocycles. The molecule has 0 aliphatic heterocycles. The Hall–Kier alpha value is -1.43. The summed E-state index contributed by atoms with van der Waals surface area (Å²) < 4.78 is 5.17. The fourth-order valence-electron chi connectivity index (χ4n) is 1.16. The molecule has 2 N–H and O–H groups in total. The number of hydrogen-bond donors (Lipinski definition) is 2. The lowest BCUT2D eigenvalue weighted by Gasteiger charge is -2.03. The highest BCUT2D eigenvalue weighted by Gasteiger charge is 2.02. The van der Waals surface area contributed by atoms with Crippen molar-refractivity contribution in [2.24, 2.45) is 0 Å². The molecule has 0 bridgehead atoms. The van der Waals surface area contributed by atoms with Gasteiger partial charge in [0, 0.05) is 26.4 Å². The molecule has 0 aliphatic carbocycles. The van der Waals surface area contributed by atoms with E-state index in [1.807, 2.05) is 6.92 Å². The van der Waals surface area contributed by atoms with Gasteiger partial charge in [0.2, 0.25) is 17.7 Å². The van der Waals surface area contributed by atoms with Crippen molar-refractivity contribution in [2.45, 2.75) is 33.2 Å². The van der Waals surface area contributed by atoms with Crippen LogP contribution in [0.4, 0.5) is 0 Å². The second kappa shape index (κ2) is 6.95. The first kappa shape index (κ1) is 12.6. The van der Waals surface area contributed by atoms with E-state index >= 15 is 0 Å². The zero-order chi connectivity index (χ0) is 11.8. The molecule has 0 radical (unpaired) electrons. The summed E-state index contributed by atoms with van der Waals surface area (Å²) in [5.41, 5.74) is 0. The first-order valence-electron chi connectivity index (χ1n) is 5.48. The number of aryl methyl sites for hydroxylation is 1. The highest BCUT2D eigenvalue weighted by molar-refractivity contribution is 5.75. The molecule has 1 amide bonds. The Balaban J connectivity index is 2.05. The fraction of sp³-hybridized carbons (Fsp3) is 0.700. The van der Waals surface area contributed by atoms with E-state index in [1.54, 1.807) is 6.92 Å².